The molecule has 0 bridgehead atoms. The molecule has 1 aliphatic carbocycles. The Hall–Kier alpha value is -4.26. The lowest BCUT2D eigenvalue weighted by Crippen LogP contribution is -2.29. The van der Waals surface area contributed by atoms with Crippen LogP contribution in [0.25, 0.3) is 11.3 Å². The van der Waals surface area contributed by atoms with Crippen LogP contribution in [-0.2, 0) is 4.79 Å². The largest absolute Gasteiger partial charge is 0.505 e. The van der Waals surface area contributed by atoms with Crippen LogP contribution in [0, 0.1) is 17.2 Å². The number of nitriles is 1. The molecule has 0 spiro atoms. The van der Waals surface area contributed by atoms with Gasteiger partial charge in [-0.3, -0.25) is 9.59 Å². The number of nitrogens with zero attached hydrogens (tertiary/aromatic N) is 5. The number of carboxylic acids is 1. The Labute approximate surface area is 176 Å². The first-order valence-electron chi connectivity index (χ1n) is 9.57. The summed E-state index contributed by atoms with van der Waals surface area (Å²) in [7, 11) is 0. The van der Waals surface area contributed by atoms with Crippen molar-refractivity contribution in [2.45, 2.75) is 18.9 Å². The highest BCUT2D eigenvalue weighted by Gasteiger charge is 2.34. The van der Waals surface area contributed by atoms with Crippen LogP contribution in [-0.4, -0.2) is 48.6 Å². The average Bonchev–Trinajstić information content (AvgIpc) is 3.48. The molecule has 0 aliphatic heterocycles. The molecule has 31 heavy (non-hydrogen) atoms. The fourth-order valence-corrected chi connectivity index (χ4v) is 3.36. The van der Waals surface area contributed by atoms with Crippen LogP contribution in [0.2, 0.25) is 0 Å². The molecule has 10 nitrogen and oxygen atoms in total. The summed E-state index contributed by atoms with van der Waals surface area (Å²) in [5, 5.41) is 38.4. The van der Waals surface area contributed by atoms with Gasteiger partial charge < -0.3 is 15.5 Å². The molecule has 1 saturated carbocycles. The Morgan fingerprint density at radius 3 is 2.65 bits per heavy atom. The number of nitrogens with one attached hydrogen (secondary N) is 1. The van der Waals surface area contributed by atoms with E-state index in [1.165, 1.54) is 12.3 Å². The van der Waals surface area contributed by atoms with Gasteiger partial charge in [0.25, 0.3) is 5.91 Å². The molecule has 1 amide bonds. The molecule has 2 heterocycles. The van der Waals surface area contributed by atoms with Crippen molar-refractivity contribution >= 4 is 11.9 Å². The Bertz CT molecular complexity index is 1180. The second-order valence-electron chi connectivity index (χ2n) is 7.27. The van der Waals surface area contributed by atoms with Crippen LogP contribution >= 0.6 is 0 Å². The minimum atomic E-state index is -1.20. The Morgan fingerprint density at radius 1 is 1.29 bits per heavy atom. The van der Waals surface area contributed by atoms with Crippen molar-refractivity contribution in [3.05, 3.63) is 59.5 Å². The Kier molecular flexibility index (Phi) is 5.32. The minimum Gasteiger partial charge on any atom is -0.505 e. The lowest BCUT2D eigenvalue weighted by molar-refractivity contribution is -0.135. The van der Waals surface area contributed by atoms with E-state index in [1.54, 1.807) is 23.0 Å². The molecule has 0 radical (unpaired) electrons. The number of pyridine rings is 1. The molecule has 1 atom stereocenters. The number of aromatic nitrogens is 4. The Balaban J connectivity index is 1.57. The summed E-state index contributed by atoms with van der Waals surface area (Å²) in [6, 6.07) is 10.8. The highest BCUT2D eigenvalue weighted by molar-refractivity contribution is 5.96. The highest BCUT2D eigenvalue weighted by Crippen LogP contribution is 2.43. The summed E-state index contributed by atoms with van der Waals surface area (Å²) in [4.78, 5) is 26.5. The lowest BCUT2D eigenvalue weighted by atomic mass is 10.0. The number of hydrogen-bond acceptors (Lipinski definition) is 7. The number of carbonyl (C=O) groups excluding carboxylic acids is 1. The van der Waals surface area contributed by atoms with Gasteiger partial charge in [0.05, 0.1) is 23.9 Å². The Morgan fingerprint density at radius 2 is 2.03 bits per heavy atom. The molecule has 3 aromatic rings. The van der Waals surface area contributed by atoms with Crippen molar-refractivity contribution in [1.82, 2.24) is 25.3 Å². The average molecular weight is 418 g/mol. The third-order valence-electron chi connectivity index (χ3n) is 5.02. The number of benzene rings is 1. The van der Waals surface area contributed by atoms with E-state index < -0.39 is 18.4 Å². The summed E-state index contributed by atoms with van der Waals surface area (Å²) in [6.45, 7) is -0.575. The first-order valence-corrected chi connectivity index (χ1v) is 9.57. The van der Waals surface area contributed by atoms with E-state index in [2.05, 4.69) is 26.7 Å². The zero-order chi connectivity index (χ0) is 22.0. The van der Waals surface area contributed by atoms with Crippen LogP contribution in [0.15, 0.2) is 42.7 Å². The maximum Gasteiger partial charge on any atom is 0.322 e. The monoisotopic (exact) mass is 418 g/mol. The van der Waals surface area contributed by atoms with E-state index in [4.69, 9.17) is 10.4 Å². The molecule has 156 valence electrons. The maximum atomic E-state index is 11.9. The molecule has 1 aliphatic rings. The first kappa shape index (κ1) is 20.0. The van der Waals surface area contributed by atoms with Gasteiger partial charge in [-0.15, -0.1) is 5.10 Å². The lowest BCUT2D eigenvalue weighted by Gasteiger charge is -2.16. The number of amides is 1. The number of aromatic hydroxyl groups is 1. The van der Waals surface area contributed by atoms with Crippen molar-refractivity contribution < 1.29 is 19.8 Å². The number of carbonyl (C=O) groups is 2. The SMILES string of the molecule is N#Cc1ccc(C(C2CC2)n2cc(-c3cnc(C(=O)NCC(=O)O)c(O)c3)nn2)cc1. The number of carboxylic acid groups (broad SMARTS) is 1. The smallest absolute Gasteiger partial charge is 0.322 e. The van der Waals surface area contributed by atoms with Gasteiger partial charge >= 0.3 is 5.97 Å². The molecule has 3 N–H and O–H groups in total. The fraction of sp³-hybridized carbons (Fsp3) is 0.238. The van der Waals surface area contributed by atoms with Crippen molar-refractivity contribution in [2.24, 2.45) is 5.92 Å². The normalized spacial score (nSPS) is 13.9. The van der Waals surface area contributed by atoms with Gasteiger partial charge in [-0.1, -0.05) is 17.3 Å². The predicted octanol–water partition coefficient (Wildman–Crippen LogP) is 1.73. The topological polar surface area (TPSA) is 154 Å². The second kappa shape index (κ2) is 8.23. The summed E-state index contributed by atoms with van der Waals surface area (Å²) < 4.78 is 1.76. The molecule has 1 aromatic carbocycles. The quantitative estimate of drug-likeness (QED) is 0.524. The highest BCUT2D eigenvalue weighted by atomic mass is 16.4. The molecule has 10 heteroatoms. The molecule has 0 saturated heterocycles. The maximum absolute atomic E-state index is 11.9. The molecule has 1 unspecified atom stereocenters. The van der Waals surface area contributed by atoms with Crippen molar-refractivity contribution in [3.63, 3.8) is 0 Å². The molecule has 1 fully saturated rings. The molecule has 4 rings (SSSR count). The zero-order valence-electron chi connectivity index (χ0n) is 16.3. The van der Waals surface area contributed by atoms with Gasteiger partial charge in [0.2, 0.25) is 0 Å². The third kappa shape index (κ3) is 4.35. The minimum absolute atomic E-state index is 0.0170. The third-order valence-corrected chi connectivity index (χ3v) is 5.02. The van der Waals surface area contributed by atoms with Crippen LogP contribution in [0.4, 0.5) is 0 Å². The number of rotatable bonds is 7. The molecular formula is C21H18N6O4. The number of aliphatic carboxylic acids is 1. The standard InChI is InChI=1S/C21H18N6O4/c22-8-12-1-3-13(4-2-12)20(14-5-6-14)27-11-16(25-26-27)15-7-17(28)19(23-9-15)21(31)24-10-18(29)30/h1-4,7,9,11,14,20,28H,5-6,10H2,(H,24,31)(H,29,30). The van der Waals surface area contributed by atoms with Crippen molar-refractivity contribution in [2.75, 3.05) is 6.54 Å². The first-order chi connectivity index (χ1) is 15.0. The van der Waals surface area contributed by atoms with Gasteiger partial charge in [-0.05, 0) is 42.5 Å². The number of hydrogen-bond donors (Lipinski definition) is 3. The second-order valence-corrected chi connectivity index (χ2v) is 7.27. The fourth-order valence-electron chi connectivity index (χ4n) is 3.36. The van der Waals surface area contributed by atoms with E-state index >= 15 is 0 Å². The van der Waals surface area contributed by atoms with Crippen LogP contribution in [0.3, 0.4) is 0 Å². The van der Waals surface area contributed by atoms with Gasteiger partial charge in [0.1, 0.15) is 18.0 Å². The summed E-state index contributed by atoms with van der Waals surface area (Å²) in [5.41, 5.74) is 2.29. The predicted molar refractivity (Wildman–Crippen MR) is 107 cm³/mol. The van der Waals surface area contributed by atoms with Crippen molar-refractivity contribution in [1.29, 1.82) is 5.26 Å². The van der Waals surface area contributed by atoms with Crippen LogP contribution in [0.1, 0.15) is 40.5 Å². The molecule has 2 aromatic heterocycles. The summed E-state index contributed by atoms with van der Waals surface area (Å²) in [5.74, 6) is -1.95. The van der Waals surface area contributed by atoms with E-state index in [0.717, 1.165) is 18.4 Å². The summed E-state index contributed by atoms with van der Waals surface area (Å²) in [6.07, 6.45) is 5.27. The summed E-state index contributed by atoms with van der Waals surface area (Å²) >= 11 is 0. The van der Waals surface area contributed by atoms with Crippen molar-refractivity contribution in [3.8, 4) is 23.1 Å². The van der Waals surface area contributed by atoms with Gasteiger partial charge in [0, 0.05) is 11.8 Å². The van der Waals surface area contributed by atoms with E-state index in [0.29, 0.717) is 22.7 Å². The van der Waals surface area contributed by atoms with Gasteiger partial charge in [-0.2, -0.15) is 5.26 Å². The van der Waals surface area contributed by atoms with Crippen LogP contribution in [0.5, 0.6) is 5.75 Å². The van der Waals surface area contributed by atoms with Crippen LogP contribution < -0.4 is 5.32 Å². The van der Waals surface area contributed by atoms with E-state index in [1.807, 2.05) is 12.1 Å². The van der Waals surface area contributed by atoms with E-state index in [9.17, 15) is 14.7 Å². The van der Waals surface area contributed by atoms with Gasteiger partial charge in [-0.25, -0.2) is 9.67 Å². The van der Waals surface area contributed by atoms with Gasteiger partial charge in [0.15, 0.2) is 5.69 Å². The molecular weight excluding hydrogens is 400 g/mol. The van der Waals surface area contributed by atoms with E-state index in [-0.39, 0.29) is 17.5 Å². The zero-order valence-corrected chi connectivity index (χ0v) is 16.3.